The molecule has 2 aromatic rings. The molecule has 1 heterocycles. The average molecular weight is 411 g/mol. The normalized spacial score (nSPS) is 16.3. The lowest BCUT2D eigenvalue weighted by atomic mass is 9.97. The number of halogens is 2. The predicted octanol–water partition coefficient (Wildman–Crippen LogP) is 3.83. The first kappa shape index (κ1) is 19.8. The van der Waals surface area contributed by atoms with Gasteiger partial charge in [-0.05, 0) is 61.7 Å². The number of piperidine rings is 1. The van der Waals surface area contributed by atoms with E-state index in [1.807, 2.05) is 6.92 Å². The van der Waals surface area contributed by atoms with Gasteiger partial charge in [-0.3, -0.25) is 4.79 Å². The van der Waals surface area contributed by atoms with Crippen molar-refractivity contribution in [2.24, 2.45) is 5.92 Å². The quantitative estimate of drug-likeness (QED) is 0.833. The van der Waals surface area contributed by atoms with Crippen molar-refractivity contribution in [3.8, 4) is 0 Å². The van der Waals surface area contributed by atoms with Crippen LogP contribution in [0.4, 0.5) is 10.1 Å². The van der Waals surface area contributed by atoms with Gasteiger partial charge in [0.15, 0.2) is 0 Å². The van der Waals surface area contributed by atoms with E-state index in [1.54, 1.807) is 12.1 Å². The second-order valence-corrected chi connectivity index (χ2v) is 8.98. The van der Waals surface area contributed by atoms with Gasteiger partial charge in [0.2, 0.25) is 15.9 Å². The molecule has 1 aliphatic heterocycles. The number of carbonyl (C=O) groups is 1. The molecule has 0 unspecified atom stereocenters. The maximum absolute atomic E-state index is 13.8. The lowest BCUT2D eigenvalue weighted by Gasteiger charge is -2.30. The fourth-order valence-electron chi connectivity index (χ4n) is 3.08. The predicted molar refractivity (Wildman–Crippen MR) is 103 cm³/mol. The molecule has 1 saturated heterocycles. The highest BCUT2D eigenvalue weighted by Crippen LogP contribution is 2.26. The van der Waals surface area contributed by atoms with Crippen LogP contribution in [0, 0.1) is 18.7 Å². The number of hydrogen-bond donors (Lipinski definition) is 1. The van der Waals surface area contributed by atoms with E-state index >= 15 is 0 Å². The van der Waals surface area contributed by atoms with Crippen molar-refractivity contribution in [1.29, 1.82) is 0 Å². The highest BCUT2D eigenvalue weighted by Gasteiger charge is 2.32. The second kappa shape index (κ2) is 7.96. The van der Waals surface area contributed by atoms with E-state index in [0.717, 1.165) is 5.56 Å². The zero-order chi connectivity index (χ0) is 19.6. The highest BCUT2D eigenvalue weighted by molar-refractivity contribution is 7.89. The number of aryl methyl sites for hydroxylation is 1. The molecule has 0 bridgehead atoms. The minimum atomic E-state index is -3.62. The zero-order valence-electron chi connectivity index (χ0n) is 14.8. The van der Waals surface area contributed by atoms with Crippen LogP contribution in [0.5, 0.6) is 0 Å². The number of nitrogens with zero attached hydrogens (tertiary/aromatic N) is 1. The maximum Gasteiger partial charge on any atom is 0.243 e. The topological polar surface area (TPSA) is 66.5 Å². The van der Waals surface area contributed by atoms with Crippen LogP contribution in [0.3, 0.4) is 0 Å². The number of benzene rings is 2. The molecule has 1 aliphatic rings. The number of hydrogen-bond acceptors (Lipinski definition) is 3. The number of amides is 1. The summed E-state index contributed by atoms with van der Waals surface area (Å²) in [6.07, 6.45) is 0.762. The van der Waals surface area contributed by atoms with E-state index in [2.05, 4.69) is 5.32 Å². The van der Waals surface area contributed by atoms with Gasteiger partial charge in [0, 0.05) is 24.0 Å². The number of anilines is 1. The third-order valence-corrected chi connectivity index (χ3v) is 6.82. The van der Waals surface area contributed by atoms with Crippen molar-refractivity contribution < 1.29 is 17.6 Å². The van der Waals surface area contributed by atoms with Gasteiger partial charge in [-0.15, -0.1) is 0 Å². The van der Waals surface area contributed by atoms with Crippen molar-refractivity contribution in [2.75, 3.05) is 18.4 Å². The van der Waals surface area contributed by atoms with E-state index < -0.39 is 15.8 Å². The van der Waals surface area contributed by atoms with Crippen LogP contribution in [0.2, 0.25) is 5.02 Å². The summed E-state index contributed by atoms with van der Waals surface area (Å²) in [7, 11) is -3.62. The Morgan fingerprint density at radius 3 is 2.41 bits per heavy atom. The monoisotopic (exact) mass is 410 g/mol. The first-order valence-electron chi connectivity index (χ1n) is 8.60. The zero-order valence-corrected chi connectivity index (χ0v) is 16.4. The molecule has 0 aliphatic carbocycles. The van der Waals surface area contributed by atoms with Gasteiger partial charge >= 0.3 is 0 Å². The SMILES string of the molecule is Cc1ccc(F)c(NC(=O)C2CCN(S(=O)(=O)c3ccc(Cl)cc3)CC2)c1. The molecule has 144 valence electrons. The standard InChI is InChI=1S/C19H20ClFN2O3S/c1-13-2-7-17(21)18(12-13)22-19(24)14-8-10-23(11-9-14)27(25,26)16-5-3-15(20)4-6-16/h2-7,12,14H,8-11H2,1H3,(H,22,24). The van der Waals surface area contributed by atoms with Crippen LogP contribution in [0.25, 0.3) is 0 Å². The molecule has 1 N–H and O–H groups in total. The number of carbonyl (C=O) groups excluding carboxylic acids is 1. The Balaban J connectivity index is 1.63. The van der Waals surface area contributed by atoms with Crippen LogP contribution in [-0.2, 0) is 14.8 Å². The Kier molecular flexibility index (Phi) is 5.83. The Bertz CT molecular complexity index is 940. The molecule has 0 radical (unpaired) electrons. The van der Waals surface area contributed by atoms with Crippen LogP contribution in [0.1, 0.15) is 18.4 Å². The Morgan fingerprint density at radius 2 is 1.78 bits per heavy atom. The summed E-state index contributed by atoms with van der Waals surface area (Å²) in [6, 6.07) is 10.5. The lowest BCUT2D eigenvalue weighted by Crippen LogP contribution is -2.41. The van der Waals surface area contributed by atoms with E-state index in [9.17, 15) is 17.6 Å². The summed E-state index contributed by atoms with van der Waals surface area (Å²) in [5.41, 5.74) is 0.992. The Morgan fingerprint density at radius 1 is 1.15 bits per heavy atom. The minimum Gasteiger partial charge on any atom is -0.323 e. The highest BCUT2D eigenvalue weighted by atomic mass is 35.5. The molecule has 0 atom stereocenters. The van der Waals surface area contributed by atoms with Gasteiger partial charge < -0.3 is 5.32 Å². The summed E-state index contributed by atoms with van der Waals surface area (Å²) in [5, 5.41) is 3.08. The van der Waals surface area contributed by atoms with E-state index in [1.165, 1.54) is 34.6 Å². The van der Waals surface area contributed by atoms with Crippen molar-refractivity contribution in [3.05, 3.63) is 58.9 Å². The molecule has 5 nitrogen and oxygen atoms in total. The first-order chi connectivity index (χ1) is 12.8. The number of nitrogens with one attached hydrogen (secondary N) is 1. The summed E-state index contributed by atoms with van der Waals surface area (Å²) >= 11 is 5.81. The van der Waals surface area contributed by atoms with Crippen molar-refractivity contribution in [2.45, 2.75) is 24.7 Å². The molecular weight excluding hydrogens is 391 g/mol. The number of rotatable bonds is 4. The molecule has 0 saturated carbocycles. The first-order valence-corrected chi connectivity index (χ1v) is 10.4. The van der Waals surface area contributed by atoms with Crippen molar-refractivity contribution in [3.63, 3.8) is 0 Å². The summed E-state index contributed by atoms with van der Waals surface area (Å²) in [5.74, 6) is -1.14. The van der Waals surface area contributed by atoms with Gasteiger partial charge in [0.1, 0.15) is 5.82 Å². The van der Waals surface area contributed by atoms with Crippen LogP contribution in [0.15, 0.2) is 47.4 Å². The molecule has 1 fully saturated rings. The van der Waals surface area contributed by atoms with E-state index in [-0.39, 0.29) is 35.5 Å². The lowest BCUT2D eigenvalue weighted by molar-refractivity contribution is -0.120. The molecule has 8 heteroatoms. The third-order valence-electron chi connectivity index (χ3n) is 4.66. The molecule has 1 amide bonds. The third kappa shape index (κ3) is 4.48. The summed E-state index contributed by atoms with van der Waals surface area (Å²) in [4.78, 5) is 12.6. The Labute approximate surface area is 163 Å². The van der Waals surface area contributed by atoms with E-state index in [0.29, 0.717) is 17.9 Å². The molecule has 2 aromatic carbocycles. The maximum atomic E-state index is 13.8. The number of sulfonamides is 1. The van der Waals surface area contributed by atoms with Gasteiger partial charge in [0.05, 0.1) is 10.6 Å². The summed E-state index contributed by atoms with van der Waals surface area (Å²) in [6.45, 7) is 2.29. The van der Waals surface area contributed by atoms with Gasteiger partial charge in [-0.1, -0.05) is 17.7 Å². The Hall–Kier alpha value is -1.96. The van der Waals surface area contributed by atoms with Gasteiger partial charge in [0.25, 0.3) is 0 Å². The van der Waals surface area contributed by atoms with Crippen LogP contribution >= 0.6 is 11.6 Å². The molecule has 0 aromatic heterocycles. The average Bonchev–Trinajstić information content (AvgIpc) is 2.65. The van der Waals surface area contributed by atoms with Crippen molar-refractivity contribution in [1.82, 2.24) is 4.31 Å². The van der Waals surface area contributed by atoms with Crippen LogP contribution in [-0.4, -0.2) is 31.7 Å². The second-order valence-electron chi connectivity index (χ2n) is 6.60. The fourth-order valence-corrected chi connectivity index (χ4v) is 4.68. The smallest absolute Gasteiger partial charge is 0.243 e. The molecule has 3 rings (SSSR count). The van der Waals surface area contributed by atoms with Gasteiger partial charge in [-0.25, -0.2) is 12.8 Å². The van der Waals surface area contributed by atoms with Crippen molar-refractivity contribution >= 4 is 33.2 Å². The minimum absolute atomic E-state index is 0.149. The van der Waals surface area contributed by atoms with Gasteiger partial charge in [-0.2, -0.15) is 4.31 Å². The fraction of sp³-hybridized carbons (Fsp3) is 0.316. The molecule has 0 spiro atoms. The van der Waals surface area contributed by atoms with E-state index in [4.69, 9.17) is 11.6 Å². The molecular formula is C19H20ClFN2O3S. The largest absolute Gasteiger partial charge is 0.323 e. The molecule has 27 heavy (non-hydrogen) atoms. The van der Waals surface area contributed by atoms with Crippen LogP contribution < -0.4 is 5.32 Å². The summed E-state index contributed by atoms with van der Waals surface area (Å²) < 4.78 is 40.6.